The first-order valence-electron chi connectivity index (χ1n) is 6.01. The highest BCUT2D eigenvalue weighted by molar-refractivity contribution is 5.91. The van der Waals surface area contributed by atoms with Gasteiger partial charge in [-0.15, -0.1) is 0 Å². The molecular formula is C14H13N3O. The van der Waals surface area contributed by atoms with Crippen LogP contribution in [0.5, 0.6) is 0 Å². The average Bonchev–Trinajstić information content (AvgIpc) is 2.47. The summed E-state index contributed by atoms with van der Waals surface area (Å²) in [5.74, 6) is 0. The highest BCUT2D eigenvalue weighted by Gasteiger charge is 2.14. The molecule has 3 rings (SSSR count). The van der Waals surface area contributed by atoms with Crippen LogP contribution in [0.3, 0.4) is 0 Å². The summed E-state index contributed by atoms with van der Waals surface area (Å²) in [6.07, 6.45) is 0. The van der Waals surface area contributed by atoms with Crippen LogP contribution in [0.4, 0.5) is 5.69 Å². The fourth-order valence-electron chi connectivity index (χ4n) is 2.25. The molecule has 2 heterocycles. The SMILES string of the molecule is N#Cc1ccc2cccc(N3CCOCC3)c2n1. The van der Waals surface area contributed by atoms with Gasteiger partial charge in [-0.2, -0.15) is 5.26 Å². The summed E-state index contributed by atoms with van der Waals surface area (Å²) < 4.78 is 5.36. The number of nitriles is 1. The van der Waals surface area contributed by atoms with E-state index in [0.717, 1.165) is 42.9 Å². The third-order valence-corrected chi connectivity index (χ3v) is 3.17. The minimum absolute atomic E-state index is 0.461. The molecule has 2 aromatic rings. The molecule has 1 fully saturated rings. The van der Waals surface area contributed by atoms with Crippen LogP contribution in [0.1, 0.15) is 5.69 Å². The Morgan fingerprint density at radius 1 is 1.17 bits per heavy atom. The second-order valence-corrected chi connectivity index (χ2v) is 4.26. The van der Waals surface area contributed by atoms with Gasteiger partial charge in [0.2, 0.25) is 0 Å². The van der Waals surface area contributed by atoms with Gasteiger partial charge in [0.05, 0.1) is 24.4 Å². The van der Waals surface area contributed by atoms with E-state index in [1.165, 1.54) is 0 Å². The van der Waals surface area contributed by atoms with Crippen LogP contribution < -0.4 is 4.90 Å². The molecule has 0 radical (unpaired) electrons. The molecular weight excluding hydrogens is 226 g/mol. The van der Waals surface area contributed by atoms with E-state index in [2.05, 4.69) is 22.0 Å². The Kier molecular flexibility index (Phi) is 2.83. The summed E-state index contributed by atoms with van der Waals surface area (Å²) in [6.45, 7) is 3.23. The third kappa shape index (κ3) is 1.89. The van der Waals surface area contributed by atoms with Gasteiger partial charge < -0.3 is 9.64 Å². The Morgan fingerprint density at radius 2 is 2.00 bits per heavy atom. The number of hydrogen-bond acceptors (Lipinski definition) is 4. The first-order valence-corrected chi connectivity index (χ1v) is 6.01. The third-order valence-electron chi connectivity index (χ3n) is 3.17. The molecule has 0 amide bonds. The molecule has 1 aromatic carbocycles. The topological polar surface area (TPSA) is 49.2 Å². The summed E-state index contributed by atoms with van der Waals surface area (Å²) >= 11 is 0. The number of ether oxygens (including phenoxy) is 1. The molecule has 0 unspecified atom stereocenters. The molecule has 1 aromatic heterocycles. The molecule has 0 saturated carbocycles. The number of pyridine rings is 1. The Bertz CT molecular complexity index is 612. The van der Waals surface area contributed by atoms with Gasteiger partial charge in [0.1, 0.15) is 11.8 Å². The number of fused-ring (bicyclic) bond motifs is 1. The number of anilines is 1. The number of morpholine rings is 1. The molecule has 90 valence electrons. The van der Waals surface area contributed by atoms with E-state index in [4.69, 9.17) is 10.00 Å². The van der Waals surface area contributed by atoms with Gasteiger partial charge in [-0.3, -0.25) is 0 Å². The van der Waals surface area contributed by atoms with Crippen LogP contribution in [0, 0.1) is 11.3 Å². The van der Waals surface area contributed by atoms with Crippen LogP contribution in [0.25, 0.3) is 10.9 Å². The van der Waals surface area contributed by atoms with Crippen LogP contribution in [-0.2, 0) is 4.74 Å². The Hall–Kier alpha value is -2.12. The lowest BCUT2D eigenvalue weighted by Crippen LogP contribution is -2.36. The van der Waals surface area contributed by atoms with Crippen LogP contribution >= 0.6 is 0 Å². The van der Waals surface area contributed by atoms with Crippen molar-refractivity contribution in [1.29, 1.82) is 5.26 Å². The van der Waals surface area contributed by atoms with Crippen molar-refractivity contribution in [3.05, 3.63) is 36.0 Å². The van der Waals surface area contributed by atoms with Crippen molar-refractivity contribution >= 4 is 16.6 Å². The van der Waals surface area contributed by atoms with Crippen molar-refractivity contribution < 1.29 is 4.74 Å². The molecule has 0 spiro atoms. The van der Waals surface area contributed by atoms with Crippen molar-refractivity contribution in [2.75, 3.05) is 31.2 Å². The molecule has 1 saturated heterocycles. The minimum Gasteiger partial charge on any atom is -0.378 e. The molecule has 0 aliphatic carbocycles. The minimum atomic E-state index is 0.461. The molecule has 4 heteroatoms. The van der Waals surface area contributed by atoms with Gasteiger partial charge in [-0.25, -0.2) is 4.98 Å². The smallest absolute Gasteiger partial charge is 0.141 e. The van der Waals surface area contributed by atoms with Gasteiger partial charge in [-0.1, -0.05) is 12.1 Å². The quantitative estimate of drug-likeness (QED) is 0.763. The molecule has 0 atom stereocenters. The summed E-state index contributed by atoms with van der Waals surface area (Å²) in [4.78, 5) is 6.69. The fourth-order valence-corrected chi connectivity index (χ4v) is 2.25. The van der Waals surface area contributed by atoms with Crippen molar-refractivity contribution in [1.82, 2.24) is 4.98 Å². The molecule has 0 N–H and O–H groups in total. The number of aromatic nitrogens is 1. The highest BCUT2D eigenvalue weighted by atomic mass is 16.5. The number of nitrogens with zero attached hydrogens (tertiary/aromatic N) is 3. The maximum Gasteiger partial charge on any atom is 0.141 e. The molecule has 0 bridgehead atoms. The molecule has 1 aliphatic rings. The Balaban J connectivity index is 2.12. The number of hydrogen-bond donors (Lipinski definition) is 0. The zero-order chi connectivity index (χ0) is 12.4. The summed E-state index contributed by atoms with van der Waals surface area (Å²) in [5.41, 5.74) is 2.45. The van der Waals surface area contributed by atoms with Gasteiger partial charge in [-0.05, 0) is 18.2 Å². The first kappa shape index (κ1) is 11.0. The Labute approximate surface area is 105 Å². The predicted molar refractivity (Wildman–Crippen MR) is 69.5 cm³/mol. The average molecular weight is 239 g/mol. The zero-order valence-corrected chi connectivity index (χ0v) is 9.97. The maximum absolute atomic E-state index is 8.95. The van der Waals surface area contributed by atoms with E-state index in [1.54, 1.807) is 6.07 Å². The molecule has 4 nitrogen and oxygen atoms in total. The van der Waals surface area contributed by atoms with E-state index >= 15 is 0 Å². The molecule has 1 aliphatic heterocycles. The second-order valence-electron chi connectivity index (χ2n) is 4.26. The summed E-state index contributed by atoms with van der Waals surface area (Å²) in [7, 11) is 0. The largest absolute Gasteiger partial charge is 0.378 e. The van der Waals surface area contributed by atoms with Gasteiger partial charge >= 0.3 is 0 Å². The van der Waals surface area contributed by atoms with Crippen molar-refractivity contribution in [2.45, 2.75) is 0 Å². The van der Waals surface area contributed by atoms with Crippen LogP contribution in [0.15, 0.2) is 30.3 Å². The van der Waals surface area contributed by atoms with Crippen LogP contribution in [-0.4, -0.2) is 31.3 Å². The lowest BCUT2D eigenvalue weighted by Gasteiger charge is -2.29. The second kappa shape index (κ2) is 4.63. The Morgan fingerprint density at radius 3 is 2.78 bits per heavy atom. The van der Waals surface area contributed by atoms with Gasteiger partial charge in [0, 0.05) is 18.5 Å². The van der Waals surface area contributed by atoms with Gasteiger partial charge in [0.15, 0.2) is 0 Å². The van der Waals surface area contributed by atoms with Crippen LogP contribution in [0.2, 0.25) is 0 Å². The highest BCUT2D eigenvalue weighted by Crippen LogP contribution is 2.26. The summed E-state index contributed by atoms with van der Waals surface area (Å²) in [5, 5.41) is 10.0. The lowest BCUT2D eigenvalue weighted by atomic mass is 10.1. The summed E-state index contributed by atoms with van der Waals surface area (Å²) in [6, 6.07) is 11.9. The number of para-hydroxylation sites is 1. The maximum atomic E-state index is 8.95. The zero-order valence-electron chi connectivity index (χ0n) is 9.97. The standard InChI is InChI=1S/C14H13N3O/c15-10-12-5-4-11-2-1-3-13(14(11)16-12)17-6-8-18-9-7-17/h1-5H,6-9H2. The van der Waals surface area contributed by atoms with E-state index < -0.39 is 0 Å². The lowest BCUT2D eigenvalue weighted by molar-refractivity contribution is 0.123. The van der Waals surface area contributed by atoms with Crippen molar-refractivity contribution in [3.63, 3.8) is 0 Å². The monoisotopic (exact) mass is 239 g/mol. The predicted octanol–water partition coefficient (Wildman–Crippen LogP) is 1.94. The fraction of sp³-hybridized carbons (Fsp3) is 0.286. The normalized spacial score (nSPS) is 15.6. The van der Waals surface area contributed by atoms with E-state index in [9.17, 15) is 0 Å². The van der Waals surface area contributed by atoms with E-state index in [1.807, 2.05) is 18.2 Å². The van der Waals surface area contributed by atoms with Crippen molar-refractivity contribution in [2.24, 2.45) is 0 Å². The van der Waals surface area contributed by atoms with Gasteiger partial charge in [0.25, 0.3) is 0 Å². The van der Waals surface area contributed by atoms with E-state index in [-0.39, 0.29) is 0 Å². The van der Waals surface area contributed by atoms with E-state index in [0.29, 0.717) is 5.69 Å². The van der Waals surface area contributed by atoms with Crippen molar-refractivity contribution in [3.8, 4) is 6.07 Å². The molecule has 18 heavy (non-hydrogen) atoms. The first-order chi connectivity index (χ1) is 8.88. The number of rotatable bonds is 1. The number of benzene rings is 1.